The van der Waals surface area contributed by atoms with E-state index in [2.05, 4.69) is 10.6 Å². The van der Waals surface area contributed by atoms with Crippen molar-refractivity contribution < 1.29 is 23.9 Å². The molecule has 0 aliphatic rings. The molecule has 0 radical (unpaired) electrons. The third kappa shape index (κ3) is 7.02. The highest BCUT2D eigenvalue weighted by Crippen LogP contribution is 2.17. The average molecular weight is 388 g/mol. The maximum Gasteiger partial charge on any atom is 0.310 e. The molecule has 27 heavy (non-hydrogen) atoms. The van der Waals surface area contributed by atoms with Crippen molar-refractivity contribution in [2.45, 2.75) is 26.8 Å². The molecular formula is C19H20N2O5S. The molecule has 2 N–H and O–H groups in total. The summed E-state index contributed by atoms with van der Waals surface area (Å²) in [5.74, 6) is -1.11. The van der Waals surface area contributed by atoms with Crippen molar-refractivity contribution in [1.29, 1.82) is 0 Å². The van der Waals surface area contributed by atoms with Crippen LogP contribution in [0.15, 0.2) is 36.4 Å². The molecule has 0 saturated carbocycles. The van der Waals surface area contributed by atoms with Gasteiger partial charge in [0.2, 0.25) is 17.6 Å². The Labute approximate surface area is 160 Å². The molecule has 1 heterocycles. The van der Waals surface area contributed by atoms with Crippen LogP contribution in [0.3, 0.4) is 0 Å². The van der Waals surface area contributed by atoms with Crippen LogP contribution in [-0.2, 0) is 32.1 Å². The normalized spacial score (nSPS) is 10.1. The molecule has 1 aromatic carbocycles. The van der Waals surface area contributed by atoms with Gasteiger partial charge in [-0.3, -0.25) is 19.2 Å². The number of hydrogen-bond donors (Lipinski definition) is 2. The van der Waals surface area contributed by atoms with Crippen LogP contribution in [0.4, 0.5) is 5.69 Å². The number of rotatable bonds is 8. The van der Waals surface area contributed by atoms with Crippen molar-refractivity contribution in [2.24, 2.45) is 0 Å². The van der Waals surface area contributed by atoms with Gasteiger partial charge in [0.1, 0.15) is 0 Å². The van der Waals surface area contributed by atoms with Gasteiger partial charge in [0.15, 0.2) is 6.61 Å². The Balaban J connectivity index is 1.80. The highest BCUT2D eigenvalue weighted by atomic mass is 32.1. The first-order valence-corrected chi connectivity index (χ1v) is 9.03. The number of ether oxygens (including phenoxy) is 1. The predicted octanol–water partition coefficient (Wildman–Crippen LogP) is 2.31. The zero-order valence-corrected chi connectivity index (χ0v) is 15.9. The molecule has 0 spiro atoms. The zero-order chi connectivity index (χ0) is 19.8. The quantitative estimate of drug-likeness (QED) is 0.534. The molecule has 1 aromatic heterocycles. The Bertz CT molecular complexity index is 842. The van der Waals surface area contributed by atoms with Crippen molar-refractivity contribution in [3.05, 3.63) is 51.7 Å². The van der Waals surface area contributed by atoms with Crippen molar-refractivity contribution in [1.82, 2.24) is 5.32 Å². The predicted molar refractivity (Wildman–Crippen MR) is 102 cm³/mol. The van der Waals surface area contributed by atoms with Crippen molar-refractivity contribution in [2.75, 3.05) is 11.9 Å². The summed E-state index contributed by atoms with van der Waals surface area (Å²) in [7, 11) is 0. The minimum Gasteiger partial charge on any atom is -0.457 e. The number of hydrogen-bond acceptors (Lipinski definition) is 6. The van der Waals surface area contributed by atoms with E-state index in [-0.39, 0.29) is 30.6 Å². The maximum atomic E-state index is 12.1. The van der Waals surface area contributed by atoms with Gasteiger partial charge in [-0.25, -0.2) is 0 Å². The number of ketones is 1. The van der Waals surface area contributed by atoms with E-state index in [1.165, 1.54) is 25.2 Å². The maximum absolute atomic E-state index is 12.1. The van der Waals surface area contributed by atoms with Crippen LogP contribution < -0.4 is 10.6 Å². The van der Waals surface area contributed by atoms with Gasteiger partial charge in [-0.15, -0.1) is 11.3 Å². The van der Waals surface area contributed by atoms with Gasteiger partial charge >= 0.3 is 5.97 Å². The molecule has 0 aliphatic carbocycles. The van der Waals surface area contributed by atoms with Crippen molar-refractivity contribution >= 4 is 40.6 Å². The summed E-state index contributed by atoms with van der Waals surface area (Å²) in [6.07, 6.45) is 0.0336. The van der Waals surface area contributed by atoms with Crippen LogP contribution in [0.5, 0.6) is 0 Å². The molecule has 2 rings (SSSR count). The molecule has 0 saturated heterocycles. The Hall–Kier alpha value is -3.00. The minimum atomic E-state index is -0.509. The number of anilines is 1. The van der Waals surface area contributed by atoms with Gasteiger partial charge in [0.05, 0.1) is 17.8 Å². The molecule has 0 bridgehead atoms. The zero-order valence-electron chi connectivity index (χ0n) is 15.0. The second kappa shape index (κ2) is 9.63. The van der Waals surface area contributed by atoms with Crippen LogP contribution in [0.2, 0.25) is 0 Å². The van der Waals surface area contributed by atoms with E-state index in [1.54, 1.807) is 36.4 Å². The third-order valence-electron chi connectivity index (χ3n) is 3.44. The lowest BCUT2D eigenvalue weighted by molar-refractivity contribution is -0.141. The molecule has 142 valence electrons. The SMILES string of the molecule is CC(=O)NCc1ccc(C(=O)COC(=O)Cc2ccc(NC(C)=O)cc2)s1. The molecular weight excluding hydrogens is 368 g/mol. The topological polar surface area (TPSA) is 102 Å². The van der Waals surface area contributed by atoms with Crippen LogP contribution in [0.25, 0.3) is 0 Å². The largest absolute Gasteiger partial charge is 0.457 e. The smallest absolute Gasteiger partial charge is 0.310 e. The second-order valence-electron chi connectivity index (χ2n) is 5.81. The fourth-order valence-corrected chi connectivity index (χ4v) is 3.05. The highest BCUT2D eigenvalue weighted by molar-refractivity contribution is 7.14. The first-order valence-electron chi connectivity index (χ1n) is 8.22. The minimum absolute atomic E-state index is 0.0336. The number of amides is 2. The molecule has 2 aromatic rings. The van der Waals surface area contributed by atoms with Crippen LogP contribution in [0, 0.1) is 0 Å². The molecule has 7 nitrogen and oxygen atoms in total. The fraction of sp³-hybridized carbons (Fsp3) is 0.263. The lowest BCUT2D eigenvalue weighted by Gasteiger charge is -2.05. The Morgan fingerprint density at radius 1 is 0.963 bits per heavy atom. The van der Waals surface area contributed by atoms with Crippen LogP contribution >= 0.6 is 11.3 Å². The number of carbonyl (C=O) groups is 4. The first kappa shape index (κ1) is 20.3. The number of Topliss-reactive ketones (excluding diaryl/α,β-unsaturated/α-hetero) is 1. The first-order chi connectivity index (χ1) is 12.8. The van der Waals surface area contributed by atoms with E-state index in [0.29, 0.717) is 17.1 Å². The molecule has 0 aliphatic heterocycles. The van der Waals surface area contributed by atoms with E-state index >= 15 is 0 Å². The Morgan fingerprint density at radius 3 is 2.30 bits per heavy atom. The number of carbonyl (C=O) groups excluding carboxylic acids is 4. The summed E-state index contributed by atoms with van der Waals surface area (Å²) in [6.45, 7) is 2.87. The van der Waals surface area contributed by atoms with Crippen molar-refractivity contribution in [3.8, 4) is 0 Å². The van der Waals surface area contributed by atoms with E-state index in [9.17, 15) is 19.2 Å². The van der Waals surface area contributed by atoms with Gasteiger partial charge in [0, 0.05) is 24.4 Å². The second-order valence-corrected chi connectivity index (χ2v) is 6.98. The van der Waals surface area contributed by atoms with Crippen LogP contribution in [0.1, 0.15) is 34.0 Å². The number of esters is 1. The van der Waals surface area contributed by atoms with E-state index in [1.807, 2.05) is 0 Å². The molecule has 0 fully saturated rings. The van der Waals surface area contributed by atoms with E-state index in [4.69, 9.17) is 4.74 Å². The number of nitrogens with one attached hydrogen (secondary N) is 2. The molecule has 8 heteroatoms. The van der Waals surface area contributed by atoms with Gasteiger partial charge in [-0.05, 0) is 29.8 Å². The summed E-state index contributed by atoms with van der Waals surface area (Å²) in [6, 6.07) is 10.2. The van der Waals surface area contributed by atoms with Gasteiger partial charge in [0.25, 0.3) is 0 Å². The van der Waals surface area contributed by atoms with E-state index < -0.39 is 5.97 Å². The number of thiophene rings is 1. The lowest BCUT2D eigenvalue weighted by atomic mass is 10.1. The summed E-state index contributed by atoms with van der Waals surface area (Å²) >= 11 is 1.25. The van der Waals surface area contributed by atoms with Gasteiger partial charge in [-0.2, -0.15) is 0 Å². The van der Waals surface area contributed by atoms with Crippen molar-refractivity contribution in [3.63, 3.8) is 0 Å². The summed E-state index contributed by atoms with van der Waals surface area (Å²) in [5.41, 5.74) is 1.36. The summed E-state index contributed by atoms with van der Waals surface area (Å²) in [4.78, 5) is 47.2. The molecule has 0 atom stereocenters. The van der Waals surface area contributed by atoms with Gasteiger partial charge < -0.3 is 15.4 Å². The highest BCUT2D eigenvalue weighted by Gasteiger charge is 2.13. The lowest BCUT2D eigenvalue weighted by Crippen LogP contribution is -2.18. The fourth-order valence-electron chi connectivity index (χ4n) is 2.18. The number of benzene rings is 1. The average Bonchev–Trinajstić information content (AvgIpc) is 3.08. The standard InChI is InChI=1S/C19H20N2O5S/c1-12(22)20-10-16-7-8-18(27-16)17(24)11-26-19(25)9-14-3-5-15(6-4-14)21-13(2)23/h3-8H,9-11H2,1-2H3,(H,20,22)(H,21,23). The molecule has 0 unspecified atom stereocenters. The van der Waals surface area contributed by atoms with Crippen LogP contribution in [-0.4, -0.2) is 30.2 Å². The van der Waals surface area contributed by atoms with Gasteiger partial charge in [-0.1, -0.05) is 12.1 Å². The third-order valence-corrected chi connectivity index (χ3v) is 4.56. The monoisotopic (exact) mass is 388 g/mol. The van der Waals surface area contributed by atoms with E-state index in [0.717, 1.165) is 10.4 Å². The summed E-state index contributed by atoms with van der Waals surface area (Å²) in [5, 5.41) is 5.30. The summed E-state index contributed by atoms with van der Waals surface area (Å²) < 4.78 is 5.04. The Morgan fingerprint density at radius 2 is 1.67 bits per heavy atom. The Kier molecular flexibility index (Phi) is 7.25. The molecule has 2 amide bonds.